The van der Waals surface area contributed by atoms with Gasteiger partial charge >= 0.3 is 0 Å². The largest absolute Gasteiger partial charge is 0.321 e. The van der Waals surface area contributed by atoms with Crippen molar-refractivity contribution in [3.63, 3.8) is 0 Å². The number of hydrogen-bond donors (Lipinski definition) is 2. The highest BCUT2D eigenvalue weighted by Gasteiger charge is 2.16. The second-order valence-electron chi connectivity index (χ2n) is 3.89. The van der Waals surface area contributed by atoms with Crippen LogP contribution in [0.25, 0.3) is 0 Å². The normalized spacial score (nSPS) is 10.4. The van der Waals surface area contributed by atoms with Crippen molar-refractivity contribution in [2.45, 2.75) is 13.8 Å². The summed E-state index contributed by atoms with van der Waals surface area (Å²) in [4.78, 5) is 12.1. The Hall–Kier alpha value is -1.08. The van der Waals surface area contributed by atoms with E-state index in [1.807, 2.05) is 6.92 Å². The molecule has 2 aromatic rings. The Kier molecular flexibility index (Phi) is 3.91. The molecule has 1 aromatic carbocycles. The number of carbonyl (C=O) groups is 1. The summed E-state index contributed by atoms with van der Waals surface area (Å²) in [5, 5.41) is 10.3. The number of aromatic nitrogens is 2. The zero-order valence-electron chi connectivity index (χ0n) is 9.84. The maximum Gasteiger partial charge on any atom is 0.259 e. The van der Waals surface area contributed by atoms with Crippen LogP contribution in [0.2, 0.25) is 5.02 Å². The highest BCUT2D eigenvalue weighted by atomic mass is 127. The number of aromatic amines is 1. The molecule has 0 aliphatic rings. The van der Waals surface area contributed by atoms with Gasteiger partial charge in [-0.1, -0.05) is 11.6 Å². The van der Waals surface area contributed by atoms with Crippen molar-refractivity contribution in [3.8, 4) is 0 Å². The molecule has 2 rings (SSSR count). The summed E-state index contributed by atoms with van der Waals surface area (Å²) < 4.78 is 0.896. The van der Waals surface area contributed by atoms with Crippen molar-refractivity contribution in [3.05, 3.63) is 43.7 Å². The first-order valence-corrected chi connectivity index (χ1v) is 6.72. The lowest BCUT2D eigenvalue weighted by atomic mass is 10.2. The van der Waals surface area contributed by atoms with Gasteiger partial charge in [-0.25, -0.2) is 0 Å². The van der Waals surface area contributed by atoms with Crippen LogP contribution in [0, 0.1) is 17.4 Å². The van der Waals surface area contributed by atoms with E-state index >= 15 is 0 Å². The van der Waals surface area contributed by atoms with Crippen LogP contribution in [0.4, 0.5) is 5.69 Å². The third-order valence-corrected chi connectivity index (χ3v) is 3.66. The van der Waals surface area contributed by atoms with Gasteiger partial charge in [-0.3, -0.25) is 9.89 Å². The molecule has 1 amide bonds. The highest BCUT2D eigenvalue weighted by molar-refractivity contribution is 14.1. The van der Waals surface area contributed by atoms with E-state index in [0.29, 0.717) is 16.3 Å². The second-order valence-corrected chi connectivity index (χ2v) is 5.49. The topological polar surface area (TPSA) is 57.8 Å². The van der Waals surface area contributed by atoms with E-state index in [-0.39, 0.29) is 5.91 Å². The van der Waals surface area contributed by atoms with Crippen LogP contribution < -0.4 is 5.32 Å². The summed E-state index contributed by atoms with van der Waals surface area (Å²) in [6.07, 6.45) is 0. The third kappa shape index (κ3) is 2.67. The lowest BCUT2D eigenvalue weighted by molar-refractivity contribution is 0.102. The van der Waals surface area contributed by atoms with Crippen molar-refractivity contribution in [1.82, 2.24) is 10.2 Å². The van der Waals surface area contributed by atoms with E-state index < -0.39 is 0 Å². The molecule has 0 fully saturated rings. The first-order chi connectivity index (χ1) is 8.49. The van der Waals surface area contributed by atoms with E-state index in [9.17, 15) is 4.79 Å². The Morgan fingerprint density at radius 1 is 1.44 bits per heavy atom. The number of halogens is 2. The lowest BCUT2D eigenvalue weighted by Gasteiger charge is -2.07. The smallest absolute Gasteiger partial charge is 0.259 e. The fourth-order valence-electron chi connectivity index (χ4n) is 1.66. The zero-order valence-corrected chi connectivity index (χ0v) is 12.8. The number of carbonyl (C=O) groups excluding carboxylic acids is 1. The van der Waals surface area contributed by atoms with Gasteiger partial charge in [-0.2, -0.15) is 5.10 Å². The van der Waals surface area contributed by atoms with Crippen molar-refractivity contribution in [2.75, 3.05) is 5.32 Å². The molecule has 6 heteroatoms. The molecule has 0 bridgehead atoms. The first kappa shape index (κ1) is 13.4. The number of benzene rings is 1. The van der Waals surface area contributed by atoms with Crippen LogP contribution in [0.15, 0.2) is 18.2 Å². The summed E-state index contributed by atoms with van der Waals surface area (Å²) in [6, 6.07) is 5.33. The van der Waals surface area contributed by atoms with Gasteiger partial charge in [0.05, 0.1) is 16.9 Å². The molecule has 0 saturated carbocycles. The second kappa shape index (κ2) is 5.27. The van der Waals surface area contributed by atoms with E-state index in [0.717, 1.165) is 15.0 Å². The average molecular weight is 376 g/mol. The predicted molar refractivity (Wildman–Crippen MR) is 80.2 cm³/mol. The summed E-state index contributed by atoms with van der Waals surface area (Å²) >= 11 is 8.00. The molecule has 0 atom stereocenters. The molecule has 0 aliphatic heterocycles. The van der Waals surface area contributed by atoms with Crippen LogP contribution in [0.3, 0.4) is 0 Å². The molecule has 0 aliphatic carbocycles. The van der Waals surface area contributed by atoms with E-state index in [1.165, 1.54) is 0 Å². The number of hydrogen-bond acceptors (Lipinski definition) is 2. The molecule has 94 valence electrons. The van der Waals surface area contributed by atoms with Gasteiger partial charge in [-0.05, 0) is 54.6 Å². The minimum Gasteiger partial charge on any atom is -0.321 e. The monoisotopic (exact) mass is 375 g/mol. The lowest BCUT2D eigenvalue weighted by Crippen LogP contribution is -2.14. The van der Waals surface area contributed by atoms with Gasteiger partial charge in [-0.15, -0.1) is 0 Å². The van der Waals surface area contributed by atoms with Crippen LogP contribution in [-0.2, 0) is 0 Å². The molecule has 0 spiro atoms. The van der Waals surface area contributed by atoms with Gasteiger partial charge in [0.15, 0.2) is 0 Å². The molecule has 0 saturated heterocycles. The zero-order chi connectivity index (χ0) is 13.3. The predicted octanol–water partition coefficient (Wildman–Crippen LogP) is 3.54. The van der Waals surface area contributed by atoms with E-state index in [2.05, 4.69) is 38.1 Å². The third-order valence-electron chi connectivity index (χ3n) is 2.53. The molecular weight excluding hydrogens is 365 g/mol. The van der Waals surface area contributed by atoms with Crippen molar-refractivity contribution in [2.24, 2.45) is 0 Å². The number of nitrogens with one attached hydrogen (secondary N) is 2. The Morgan fingerprint density at radius 2 is 2.17 bits per heavy atom. The fourth-order valence-corrected chi connectivity index (χ4v) is 2.67. The molecule has 18 heavy (non-hydrogen) atoms. The molecular formula is C12H11ClIN3O. The van der Waals surface area contributed by atoms with Gasteiger partial charge in [0, 0.05) is 14.3 Å². The van der Waals surface area contributed by atoms with Crippen molar-refractivity contribution < 1.29 is 4.79 Å². The summed E-state index contributed by atoms with van der Waals surface area (Å²) in [5.74, 6) is -0.168. The average Bonchev–Trinajstić information content (AvgIpc) is 2.62. The Labute approximate surface area is 123 Å². The summed E-state index contributed by atoms with van der Waals surface area (Å²) in [6.45, 7) is 3.62. The molecule has 1 heterocycles. The maximum absolute atomic E-state index is 12.1. The highest BCUT2D eigenvalue weighted by Crippen LogP contribution is 2.23. The van der Waals surface area contributed by atoms with Crippen LogP contribution >= 0.6 is 34.2 Å². The molecule has 1 aromatic heterocycles. The number of rotatable bonds is 2. The number of aryl methyl sites for hydroxylation is 2. The number of nitrogens with zero attached hydrogens (tertiary/aromatic N) is 1. The van der Waals surface area contributed by atoms with Crippen molar-refractivity contribution >= 4 is 45.8 Å². The molecule has 2 N–H and O–H groups in total. The maximum atomic E-state index is 12.1. The number of anilines is 1. The van der Waals surface area contributed by atoms with Gasteiger partial charge in [0.1, 0.15) is 0 Å². The number of amides is 1. The fraction of sp³-hybridized carbons (Fsp3) is 0.167. The van der Waals surface area contributed by atoms with E-state index in [4.69, 9.17) is 11.6 Å². The van der Waals surface area contributed by atoms with Crippen LogP contribution in [-0.4, -0.2) is 16.1 Å². The molecule has 4 nitrogen and oxygen atoms in total. The van der Waals surface area contributed by atoms with Gasteiger partial charge < -0.3 is 5.32 Å². The van der Waals surface area contributed by atoms with Crippen molar-refractivity contribution in [1.29, 1.82) is 0 Å². The number of H-pyrrole nitrogens is 1. The quantitative estimate of drug-likeness (QED) is 0.789. The SMILES string of the molecule is Cc1n[nH]c(C)c1C(=O)Nc1ccc(Cl)cc1I. The van der Waals surface area contributed by atoms with Gasteiger partial charge in [0.2, 0.25) is 0 Å². The minimum absolute atomic E-state index is 0.168. The van der Waals surface area contributed by atoms with Crippen LogP contribution in [0.5, 0.6) is 0 Å². The molecule has 0 unspecified atom stereocenters. The Balaban J connectivity index is 2.27. The molecule has 0 radical (unpaired) electrons. The van der Waals surface area contributed by atoms with E-state index in [1.54, 1.807) is 25.1 Å². The Bertz CT molecular complexity index is 590. The minimum atomic E-state index is -0.168. The summed E-state index contributed by atoms with van der Waals surface area (Å²) in [7, 11) is 0. The van der Waals surface area contributed by atoms with Gasteiger partial charge in [0.25, 0.3) is 5.91 Å². The Morgan fingerprint density at radius 3 is 2.72 bits per heavy atom. The summed E-state index contributed by atoms with van der Waals surface area (Å²) in [5.41, 5.74) is 2.77. The standard InChI is InChI=1S/C12H11ClIN3O/c1-6-11(7(2)17-16-6)12(18)15-10-4-3-8(13)5-9(10)14/h3-5H,1-2H3,(H,15,18)(H,16,17). The first-order valence-electron chi connectivity index (χ1n) is 5.27. The van der Waals surface area contributed by atoms with Crippen LogP contribution in [0.1, 0.15) is 21.7 Å².